The van der Waals surface area contributed by atoms with Crippen molar-refractivity contribution in [2.24, 2.45) is 0 Å². The van der Waals surface area contributed by atoms with Crippen LogP contribution in [0, 0.1) is 0 Å². The molecule has 0 aliphatic carbocycles. The largest absolute Gasteiger partial charge is 0.484 e. The van der Waals surface area contributed by atoms with Gasteiger partial charge in [-0.05, 0) is 67.0 Å². The lowest BCUT2D eigenvalue weighted by atomic mass is 10.2. The predicted molar refractivity (Wildman–Crippen MR) is 128 cm³/mol. The minimum atomic E-state index is -0.658. The Morgan fingerprint density at radius 2 is 1.44 bits per heavy atom. The molecule has 3 aromatic carbocycles. The van der Waals surface area contributed by atoms with Crippen molar-refractivity contribution in [1.29, 1.82) is 0 Å². The molecule has 0 aromatic heterocycles. The molecule has 0 saturated heterocycles. The number of anilines is 1. The second kappa shape index (κ2) is 12.4. The first-order valence-corrected chi connectivity index (χ1v) is 11.6. The van der Waals surface area contributed by atoms with Crippen LogP contribution in [0.3, 0.4) is 0 Å². The van der Waals surface area contributed by atoms with Gasteiger partial charge in [0.2, 0.25) is 5.91 Å². The van der Waals surface area contributed by atoms with Crippen LogP contribution < -0.4 is 20.1 Å². The van der Waals surface area contributed by atoms with Crippen molar-refractivity contribution in [1.82, 2.24) is 5.32 Å². The molecule has 7 heteroatoms. The highest BCUT2D eigenvalue weighted by Gasteiger charge is 2.21. The highest BCUT2D eigenvalue weighted by atomic mass is 32.2. The van der Waals surface area contributed by atoms with Gasteiger partial charge in [-0.15, -0.1) is 0 Å². The van der Waals surface area contributed by atoms with E-state index in [2.05, 4.69) is 10.6 Å². The second-order valence-corrected chi connectivity index (χ2v) is 7.92. The number of benzene rings is 3. The zero-order valence-electron chi connectivity index (χ0n) is 17.8. The lowest BCUT2D eigenvalue weighted by Gasteiger charge is -2.18. The standard InChI is InChI=1S/C25H26N2O4S/c1-32-17-16-23(27-24(28)18-30-20-8-4-2-5-9-20)25(29)26-19-12-14-22(15-13-19)31-21-10-6-3-7-11-21/h2-15,23H,16-18H2,1H3,(H,26,29)(H,27,28). The van der Waals surface area contributed by atoms with E-state index >= 15 is 0 Å². The van der Waals surface area contributed by atoms with Crippen molar-refractivity contribution in [3.05, 3.63) is 84.9 Å². The molecule has 0 aliphatic rings. The molecular formula is C25H26N2O4S. The van der Waals surface area contributed by atoms with Crippen LogP contribution in [0.15, 0.2) is 84.9 Å². The van der Waals surface area contributed by atoms with Gasteiger partial charge in [-0.3, -0.25) is 9.59 Å². The number of thioether (sulfide) groups is 1. The maximum atomic E-state index is 12.8. The van der Waals surface area contributed by atoms with E-state index < -0.39 is 6.04 Å². The summed E-state index contributed by atoms with van der Waals surface area (Å²) < 4.78 is 11.2. The van der Waals surface area contributed by atoms with Gasteiger partial charge in [0.25, 0.3) is 5.91 Å². The van der Waals surface area contributed by atoms with Crippen molar-refractivity contribution >= 4 is 29.3 Å². The van der Waals surface area contributed by atoms with Crippen LogP contribution in [0.4, 0.5) is 5.69 Å². The number of carbonyl (C=O) groups excluding carboxylic acids is 2. The number of amides is 2. The van der Waals surface area contributed by atoms with Crippen LogP contribution in [-0.2, 0) is 9.59 Å². The highest BCUT2D eigenvalue weighted by Crippen LogP contribution is 2.22. The average molecular weight is 451 g/mol. The lowest BCUT2D eigenvalue weighted by molar-refractivity contribution is -0.127. The normalized spacial score (nSPS) is 11.3. The van der Waals surface area contributed by atoms with E-state index in [1.165, 1.54) is 0 Å². The number of hydrogen-bond donors (Lipinski definition) is 2. The summed E-state index contributed by atoms with van der Waals surface area (Å²) in [6.45, 7) is -0.154. The van der Waals surface area contributed by atoms with Gasteiger partial charge in [0.05, 0.1) is 0 Å². The van der Waals surface area contributed by atoms with Crippen LogP contribution in [0.2, 0.25) is 0 Å². The van der Waals surface area contributed by atoms with Crippen LogP contribution in [0.25, 0.3) is 0 Å². The molecule has 0 spiro atoms. The number of nitrogens with one attached hydrogen (secondary N) is 2. The average Bonchev–Trinajstić information content (AvgIpc) is 2.83. The number of ether oxygens (including phenoxy) is 2. The van der Waals surface area contributed by atoms with E-state index in [9.17, 15) is 9.59 Å². The third-order valence-electron chi connectivity index (χ3n) is 4.48. The molecule has 3 aromatic rings. The van der Waals surface area contributed by atoms with Gasteiger partial charge in [-0.1, -0.05) is 36.4 Å². The number of para-hydroxylation sites is 2. The summed E-state index contributed by atoms with van der Waals surface area (Å²) in [6.07, 6.45) is 2.47. The van der Waals surface area contributed by atoms with E-state index in [0.717, 1.165) is 11.5 Å². The Morgan fingerprint density at radius 1 is 0.844 bits per heavy atom. The van der Waals surface area contributed by atoms with Crippen LogP contribution >= 0.6 is 11.8 Å². The Bertz CT molecular complexity index is 982. The van der Waals surface area contributed by atoms with Crippen molar-refractivity contribution in [3.8, 4) is 17.2 Å². The molecule has 0 fully saturated rings. The number of hydrogen-bond acceptors (Lipinski definition) is 5. The van der Waals surface area contributed by atoms with Gasteiger partial charge >= 0.3 is 0 Å². The van der Waals surface area contributed by atoms with Crippen molar-refractivity contribution in [2.45, 2.75) is 12.5 Å². The number of carbonyl (C=O) groups is 2. The van der Waals surface area contributed by atoms with E-state index in [0.29, 0.717) is 23.6 Å². The summed E-state index contributed by atoms with van der Waals surface area (Å²) in [7, 11) is 0. The smallest absolute Gasteiger partial charge is 0.258 e. The fourth-order valence-corrected chi connectivity index (χ4v) is 3.34. The first-order valence-electron chi connectivity index (χ1n) is 10.2. The Hall–Kier alpha value is -3.45. The van der Waals surface area contributed by atoms with Crippen molar-refractivity contribution in [2.75, 3.05) is 23.9 Å². The molecule has 2 N–H and O–H groups in total. The summed E-state index contributed by atoms with van der Waals surface area (Å²) in [4.78, 5) is 25.1. The summed E-state index contributed by atoms with van der Waals surface area (Å²) >= 11 is 1.61. The van der Waals surface area contributed by atoms with Gasteiger partial charge in [0, 0.05) is 5.69 Å². The van der Waals surface area contributed by atoms with E-state index in [1.807, 2.05) is 54.8 Å². The van der Waals surface area contributed by atoms with E-state index in [4.69, 9.17) is 9.47 Å². The SMILES string of the molecule is CSCCC(NC(=O)COc1ccccc1)C(=O)Nc1ccc(Oc2ccccc2)cc1. The van der Waals surface area contributed by atoms with Crippen LogP contribution in [0.5, 0.6) is 17.2 Å². The van der Waals surface area contributed by atoms with Gasteiger partial charge in [0.15, 0.2) is 6.61 Å². The topological polar surface area (TPSA) is 76.7 Å². The minimum Gasteiger partial charge on any atom is -0.484 e. The van der Waals surface area contributed by atoms with Crippen molar-refractivity contribution in [3.63, 3.8) is 0 Å². The molecule has 6 nitrogen and oxygen atoms in total. The zero-order valence-corrected chi connectivity index (χ0v) is 18.6. The molecule has 32 heavy (non-hydrogen) atoms. The van der Waals surface area contributed by atoms with Gasteiger partial charge in [0.1, 0.15) is 23.3 Å². The molecule has 0 heterocycles. The molecule has 0 saturated carbocycles. The molecule has 1 atom stereocenters. The number of rotatable bonds is 11. The van der Waals surface area contributed by atoms with Gasteiger partial charge < -0.3 is 20.1 Å². The third-order valence-corrected chi connectivity index (χ3v) is 5.12. The summed E-state index contributed by atoms with van der Waals surface area (Å²) in [5.41, 5.74) is 0.624. The van der Waals surface area contributed by atoms with E-state index in [1.54, 1.807) is 48.2 Å². The molecule has 0 radical (unpaired) electrons. The zero-order chi connectivity index (χ0) is 22.6. The maximum Gasteiger partial charge on any atom is 0.258 e. The minimum absolute atomic E-state index is 0.154. The fraction of sp³-hybridized carbons (Fsp3) is 0.200. The molecule has 3 rings (SSSR count). The first-order chi connectivity index (χ1) is 15.6. The molecule has 166 valence electrons. The Kier molecular flexibility index (Phi) is 9.01. The summed E-state index contributed by atoms with van der Waals surface area (Å²) in [6, 6.07) is 25.0. The quantitative estimate of drug-likeness (QED) is 0.442. The summed E-state index contributed by atoms with van der Waals surface area (Å²) in [5, 5.41) is 5.63. The summed E-state index contributed by atoms with van der Waals surface area (Å²) in [5.74, 6) is 2.12. The first kappa shape index (κ1) is 23.2. The van der Waals surface area contributed by atoms with Crippen molar-refractivity contribution < 1.29 is 19.1 Å². The van der Waals surface area contributed by atoms with Crippen LogP contribution in [-0.4, -0.2) is 36.5 Å². The highest BCUT2D eigenvalue weighted by molar-refractivity contribution is 7.98. The van der Waals surface area contributed by atoms with Crippen LogP contribution in [0.1, 0.15) is 6.42 Å². The fourth-order valence-electron chi connectivity index (χ4n) is 2.87. The Morgan fingerprint density at radius 3 is 2.06 bits per heavy atom. The molecule has 0 aliphatic heterocycles. The van der Waals surface area contributed by atoms with Gasteiger partial charge in [-0.25, -0.2) is 0 Å². The third kappa shape index (κ3) is 7.67. The molecule has 0 bridgehead atoms. The Balaban J connectivity index is 1.54. The second-order valence-electron chi connectivity index (χ2n) is 6.93. The Labute approximate surface area is 192 Å². The molecule has 2 amide bonds. The molecular weight excluding hydrogens is 424 g/mol. The monoisotopic (exact) mass is 450 g/mol. The molecule has 1 unspecified atom stereocenters. The van der Waals surface area contributed by atoms with E-state index in [-0.39, 0.29) is 18.4 Å². The van der Waals surface area contributed by atoms with Gasteiger partial charge in [-0.2, -0.15) is 11.8 Å². The predicted octanol–water partition coefficient (Wildman–Crippen LogP) is 4.73. The maximum absolute atomic E-state index is 12.8. The lowest BCUT2D eigenvalue weighted by Crippen LogP contribution is -2.45.